The van der Waals surface area contributed by atoms with E-state index < -0.39 is 5.60 Å². The van der Waals surface area contributed by atoms with Gasteiger partial charge in [0.25, 0.3) is 0 Å². The highest BCUT2D eigenvalue weighted by molar-refractivity contribution is 5.71. The molecule has 3 heteroatoms. The minimum atomic E-state index is -0.446. The monoisotopic (exact) mass is 141 g/mol. The Labute approximate surface area is 60.1 Å². The summed E-state index contributed by atoms with van der Waals surface area (Å²) in [5.41, 5.74) is -0.446. The average Bonchev–Trinajstić information content (AvgIpc) is 2.04. The summed E-state index contributed by atoms with van der Waals surface area (Å²) < 4.78 is 4.93. The van der Waals surface area contributed by atoms with E-state index in [4.69, 9.17) is 4.74 Å². The van der Waals surface area contributed by atoms with Crippen molar-refractivity contribution in [1.82, 2.24) is 5.32 Å². The highest BCUT2D eigenvalue weighted by atomic mass is 16.6. The van der Waals surface area contributed by atoms with Crippen LogP contribution in [0.1, 0.15) is 13.8 Å². The molecule has 1 amide bonds. The number of ether oxygens (including phenoxy) is 1. The molecule has 0 aromatic rings. The molecule has 1 saturated heterocycles. The highest BCUT2D eigenvalue weighted by Crippen LogP contribution is 2.21. The first-order valence-electron chi connectivity index (χ1n) is 3.18. The quantitative estimate of drug-likeness (QED) is 0.554. The van der Waals surface area contributed by atoms with Crippen LogP contribution in [-0.2, 0) is 4.74 Å². The fourth-order valence-electron chi connectivity index (χ4n) is 0.975. The van der Waals surface area contributed by atoms with E-state index in [9.17, 15) is 4.79 Å². The van der Waals surface area contributed by atoms with Crippen LogP contribution in [-0.4, -0.2) is 17.7 Å². The fourth-order valence-corrected chi connectivity index (χ4v) is 0.975. The minimum absolute atomic E-state index is 0.0694. The zero-order chi connectivity index (χ0) is 7.78. The zero-order valence-corrected chi connectivity index (χ0v) is 6.18. The summed E-state index contributed by atoms with van der Waals surface area (Å²) in [4.78, 5) is 10.6. The zero-order valence-electron chi connectivity index (χ0n) is 6.18. The van der Waals surface area contributed by atoms with Gasteiger partial charge in [-0.15, -0.1) is 6.58 Å². The molecule has 1 aliphatic rings. The van der Waals surface area contributed by atoms with E-state index in [0.717, 1.165) is 0 Å². The van der Waals surface area contributed by atoms with Gasteiger partial charge in [0.05, 0.1) is 6.04 Å². The van der Waals surface area contributed by atoms with Crippen LogP contribution in [0.3, 0.4) is 0 Å². The third-order valence-electron chi connectivity index (χ3n) is 1.61. The molecule has 56 valence electrons. The molecular weight excluding hydrogens is 130 g/mol. The van der Waals surface area contributed by atoms with E-state index in [1.165, 1.54) is 0 Å². The van der Waals surface area contributed by atoms with Gasteiger partial charge in [-0.05, 0) is 13.8 Å². The van der Waals surface area contributed by atoms with Gasteiger partial charge in [-0.25, -0.2) is 4.79 Å². The van der Waals surface area contributed by atoms with Crippen molar-refractivity contribution in [1.29, 1.82) is 0 Å². The smallest absolute Gasteiger partial charge is 0.408 e. The molecule has 3 nitrogen and oxygen atoms in total. The van der Waals surface area contributed by atoms with Gasteiger partial charge in [-0.2, -0.15) is 0 Å². The van der Waals surface area contributed by atoms with Gasteiger partial charge in [0.15, 0.2) is 0 Å². The van der Waals surface area contributed by atoms with Crippen molar-refractivity contribution in [2.75, 3.05) is 0 Å². The minimum Gasteiger partial charge on any atom is -0.441 e. The van der Waals surface area contributed by atoms with Crippen LogP contribution in [0.15, 0.2) is 12.7 Å². The van der Waals surface area contributed by atoms with Gasteiger partial charge in [-0.1, -0.05) is 6.08 Å². The topological polar surface area (TPSA) is 38.3 Å². The fraction of sp³-hybridized carbons (Fsp3) is 0.571. The van der Waals surface area contributed by atoms with Crippen LogP contribution < -0.4 is 5.32 Å². The van der Waals surface area contributed by atoms with Crippen molar-refractivity contribution < 1.29 is 9.53 Å². The second kappa shape index (κ2) is 2.01. The van der Waals surface area contributed by atoms with Gasteiger partial charge in [-0.3, -0.25) is 0 Å². The van der Waals surface area contributed by atoms with Crippen LogP contribution in [0.5, 0.6) is 0 Å². The predicted molar refractivity (Wildman–Crippen MR) is 37.7 cm³/mol. The van der Waals surface area contributed by atoms with Gasteiger partial charge in [0.2, 0.25) is 0 Å². The lowest BCUT2D eigenvalue weighted by Gasteiger charge is -2.19. The summed E-state index contributed by atoms with van der Waals surface area (Å²) >= 11 is 0. The number of amides is 1. The van der Waals surface area contributed by atoms with Gasteiger partial charge >= 0.3 is 6.09 Å². The Morgan fingerprint density at radius 1 is 1.80 bits per heavy atom. The molecule has 0 aromatic heterocycles. The van der Waals surface area contributed by atoms with E-state index in [2.05, 4.69) is 11.9 Å². The van der Waals surface area contributed by atoms with Crippen molar-refractivity contribution in [3.63, 3.8) is 0 Å². The Hall–Kier alpha value is -0.990. The van der Waals surface area contributed by atoms with E-state index in [1.807, 2.05) is 13.8 Å². The van der Waals surface area contributed by atoms with Crippen LogP contribution in [0.2, 0.25) is 0 Å². The number of hydrogen-bond donors (Lipinski definition) is 1. The summed E-state index contributed by atoms with van der Waals surface area (Å²) in [6.07, 6.45) is 1.31. The molecule has 1 atom stereocenters. The lowest BCUT2D eigenvalue weighted by molar-refractivity contribution is 0.0765. The first kappa shape index (κ1) is 7.12. The number of cyclic esters (lactones) is 1. The standard InChI is InChI=1S/C7H11NO2/c1-4-5-7(2,3)10-6(9)8-5/h4-5H,1H2,2-3H3,(H,8,9). The number of hydrogen-bond acceptors (Lipinski definition) is 2. The predicted octanol–water partition coefficient (Wildman–Crippen LogP) is 1.06. The number of alkyl carbamates (subject to hydrolysis) is 1. The lowest BCUT2D eigenvalue weighted by atomic mass is 10.0. The maximum absolute atomic E-state index is 10.6. The molecule has 1 N–H and O–H groups in total. The van der Waals surface area contributed by atoms with E-state index >= 15 is 0 Å². The molecule has 0 aromatic carbocycles. The van der Waals surface area contributed by atoms with Crippen molar-refractivity contribution in [3.8, 4) is 0 Å². The largest absolute Gasteiger partial charge is 0.441 e. The van der Waals surface area contributed by atoms with Gasteiger partial charge in [0.1, 0.15) is 5.60 Å². The van der Waals surface area contributed by atoms with Crippen molar-refractivity contribution >= 4 is 6.09 Å². The molecular formula is C7H11NO2. The van der Waals surface area contributed by atoms with Crippen molar-refractivity contribution in [2.45, 2.75) is 25.5 Å². The molecule has 1 unspecified atom stereocenters. The Bertz CT molecular complexity index is 174. The lowest BCUT2D eigenvalue weighted by Crippen LogP contribution is -2.36. The third-order valence-corrected chi connectivity index (χ3v) is 1.61. The maximum Gasteiger partial charge on any atom is 0.408 e. The van der Waals surface area contributed by atoms with Crippen LogP contribution in [0, 0.1) is 0 Å². The van der Waals surface area contributed by atoms with Crippen LogP contribution >= 0.6 is 0 Å². The average molecular weight is 141 g/mol. The summed E-state index contributed by atoms with van der Waals surface area (Å²) in [5, 5.41) is 2.61. The van der Waals surface area contributed by atoms with Crippen molar-refractivity contribution in [3.05, 3.63) is 12.7 Å². The summed E-state index contributed by atoms with van der Waals surface area (Å²) in [7, 11) is 0. The normalized spacial score (nSPS) is 29.0. The van der Waals surface area contributed by atoms with E-state index in [0.29, 0.717) is 0 Å². The first-order chi connectivity index (χ1) is 4.56. The van der Waals surface area contributed by atoms with E-state index in [-0.39, 0.29) is 12.1 Å². The second-order valence-corrected chi connectivity index (χ2v) is 2.85. The number of rotatable bonds is 1. The van der Waals surface area contributed by atoms with Gasteiger partial charge < -0.3 is 10.1 Å². The highest BCUT2D eigenvalue weighted by Gasteiger charge is 2.38. The molecule has 1 heterocycles. The van der Waals surface area contributed by atoms with E-state index in [1.54, 1.807) is 6.08 Å². The molecule has 1 aliphatic heterocycles. The third kappa shape index (κ3) is 0.988. The maximum atomic E-state index is 10.6. The summed E-state index contributed by atoms with van der Waals surface area (Å²) in [6.45, 7) is 7.27. The molecule has 10 heavy (non-hydrogen) atoms. The molecule has 0 aliphatic carbocycles. The summed E-state index contributed by atoms with van der Waals surface area (Å²) in [5.74, 6) is 0. The number of carbonyl (C=O) groups is 1. The SMILES string of the molecule is C=CC1NC(=O)OC1(C)C. The van der Waals surface area contributed by atoms with Crippen LogP contribution in [0.25, 0.3) is 0 Å². The molecule has 0 spiro atoms. The number of carbonyl (C=O) groups excluding carboxylic acids is 1. The first-order valence-corrected chi connectivity index (χ1v) is 3.18. The summed E-state index contributed by atoms with van der Waals surface area (Å²) in [6, 6.07) is -0.0694. The van der Waals surface area contributed by atoms with Gasteiger partial charge in [0, 0.05) is 0 Å². The Morgan fingerprint density at radius 2 is 2.40 bits per heavy atom. The Morgan fingerprint density at radius 3 is 2.60 bits per heavy atom. The Kier molecular flexibility index (Phi) is 1.43. The molecule has 1 fully saturated rings. The van der Waals surface area contributed by atoms with Crippen molar-refractivity contribution in [2.24, 2.45) is 0 Å². The molecule has 0 saturated carbocycles. The molecule has 0 radical (unpaired) electrons. The second-order valence-electron chi connectivity index (χ2n) is 2.85. The molecule has 1 rings (SSSR count). The van der Waals surface area contributed by atoms with Crippen LogP contribution in [0.4, 0.5) is 4.79 Å². The molecule has 0 bridgehead atoms. The number of nitrogens with one attached hydrogen (secondary N) is 1. The Balaban J connectivity index is 2.76.